The van der Waals surface area contributed by atoms with E-state index in [0.29, 0.717) is 17.6 Å². The van der Waals surface area contributed by atoms with Crippen LogP contribution in [0.3, 0.4) is 0 Å². The van der Waals surface area contributed by atoms with E-state index in [1.165, 1.54) is 16.7 Å². The summed E-state index contributed by atoms with van der Waals surface area (Å²) in [4.78, 5) is 16.5. The molecule has 0 amide bonds. The van der Waals surface area contributed by atoms with Gasteiger partial charge in [-0.05, 0) is 25.0 Å². The van der Waals surface area contributed by atoms with Crippen LogP contribution in [0, 0.1) is 5.82 Å². The molecule has 3 N–H and O–H groups in total. The van der Waals surface area contributed by atoms with Crippen LogP contribution in [-0.4, -0.2) is 28.7 Å². The summed E-state index contributed by atoms with van der Waals surface area (Å²) in [5.41, 5.74) is 7.72. The highest BCUT2D eigenvalue weighted by Gasteiger charge is 2.21. The predicted octanol–water partition coefficient (Wildman–Crippen LogP) is 0.933. The Kier molecular flexibility index (Phi) is 2.82. The highest BCUT2D eigenvalue weighted by Crippen LogP contribution is 2.28. The van der Waals surface area contributed by atoms with Crippen LogP contribution in [0.2, 0.25) is 0 Å². The molecule has 1 fully saturated rings. The van der Waals surface area contributed by atoms with Gasteiger partial charge in [0, 0.05) is 26.2 Å². The number of fused-ring (bicyclic) bond motifs is 1. The molecule has 1 aromatic heterocycles. The number of imidazole rings is 1. The van der Waals surface area contributed by atoms with Gasteiger partial charge in [-0.1, -0.05) is 0 Å². The van der Waals surface area contributed by atoms with E-state index in [1.807, 2.05) is 0 Å². The summed E-state index contributed by atoms with van der Waals surface area (Å²) >= 11 is 0. The molecule has 2 heterocycles. The van der Waals surface area contributed by atoms with E-state index in [-0.39, 0.29) is 17.5 Å². The molecule has 1 atom stereocenters. The van der Waals surface area contributed by atoms with Crippen LogP contribution in [0.25, 0.3) is 11.0 Å². The van der Waals surface area contributed by atoms with Crippen molar-refractivity contribution < 1.29 is 4.39 Å². The summed E-state index contributed by atoms with van der Waals surface area (Å²) in [5.74, 6) is -0.337. The molecule has 0 radical (unpaired) electrons. The van der Waals surface area contributed by atoms with E-state index < -0.39 is 0 Å². The normalized spacial score (nSPS) is 20.2. The number of hydrogen-bond donors (Lipinski definition) is 2. The molecule has 1 saturated heterocycles. The van der Waals surface area contributed by atoms with Crippen molar-refractivity contribution in [3.8, 4) is 0 Å². The standard InChI is InChI=1S/C13H17FN4O/c1-17-10-5-8(14)6-11(12(10)16-13(17)19)18-4-2-3-9(15)7-18/h5-6,9H,2-4,7,15H2,1H3,(H,16,19). The van der Waals surface area contributed by atoms with Gasteiger partial charge in [0.15, 0.2) is 0 Å². The first-order valence-electron chi connectivity index (χ1n) is 6.45. The van der Waals surface area contributed by atoms with Gasteiger partial charge in [0.2, 0.25) is 0 Å². The van der Waals surface area contributed by atoms with Crippen molar-refractivity contribution in [3.05, 3.63) is 28.4 Å². The lowest BCUT2D eigenvalue weighted by atomic mass is 10.1. The second-order valence-electron chi connectivity index (χ2n) is 5.16. The Bertz CT molecular complexity index is 675. The monoisotopic (exact) mass is 264 g/mol. The van der Waals surface area contributed by atoms with Gasteiger partial charge in [0.05, 0.1) is 16.7 Å². The SMILES string of the molecule is Cn1c(=O)[nH]c2c(N3CCCC(N)C3)cc(F)cc21. The third-order valence-corrected chi connectivity index (χ3v) is 3.76. The van der Waals surface area contributed by atoms with Crippen LogP contribution in [0.5, 0.6) is 0 Å². The number of anilines is 1. The number of piperidine rings is 1. The topological polar surface area (TPSA) is 67.0 Å². The van der Waals surface area contributed by atoms with Gasteiger partial charge >= 0.3 is 5.69 Å². The molecule has 5 nitrogen and oxygen atoms in total. The molecule has 2 aromatic rings. The Labute approximate surface area is 109 Å². The summed E-state index contributed by atoms with van der Waals surface area (Å²) in [7, 11) is 1.63. The molecule has 102 valence electrons. The van der Waals surface area contributed by atoms with Crippen molar-refractivity contribution in [2.45, 2.75) is 18.9 Å². The summed E-state index contributed by atoms with van der Waals surface area (Å²) in [6.07, 6.45) is 1.97. The molecule has 19 heavy (non-hydrogen) atoms. The Morgan fingerprint density at radius 3 is 3.00 bits per heavy atom. The number of benzene rings is 1. The van der Waals surface area contributed by atoms with Crippen LogP contribution in [0.15, 0.2) is 16.9 Å². The Morgan fingerprint density at radius 2 is 2.26 bits per heavy atom. The van der Waals surface area contributed by atoms with Gasteiger partial charge in [-0.15, -0.1) is 0 Å². The number of nitrogens with two attached hydrogens (primary N) is 1. The lowest BCUT2D eigenvalue weighted by Crippen LogP contribution is -2.43. The molecule has 0 saturated carbocycles. The fourth-order valence-corrected chi connectivity index (χ4v) is 2.75. The quantitative estimate of drug-likeness (QED) is 0.805. The summed E-state index contributed by atoms with van der Waals surface area (Å²) in [5, 5.41) is 0. The lowest BCUT2D eigenvalue weighted by Gasteiger charge is -2.32. The molecule has 1 unspecified atom stereocenters. The first-order valence-corrected chi connectivity index (χ1v) is 6.45. The van der Waals surface area contributed by atoms with Gasteiger partial charge in [-0.3, -0.25) is 4.57 Å². The molecule has 1 aliphatic heterocycles. The number of aromatic amines is 1. The highest BCUT2D eigenvalue weighted by atomic mass is 19.1. The number of hydrogen-bond acceptors (Lipinski definition) is 3. The maximum atomic E-state index is 13.8. The number of nitrogens with one attached hydrogen (secondary N) is 1. The molecule has 6 heteroatoms. The van der Waals surface area contributed by atoms with Crippen LogP contribution in [0.1, 0.15) is 12.8 Å². The maximum absolute atomic E-state index is 13.8. The van der Waals surface area contributed by atoms with Gasteiger partial charge < -0.3 is 15.6 Å². The van der Waals surface area contributed by atoms with Crippen LogP contribution >= 0.6 is 0 Å². The van der Waals surface area contributed by atoms with E-state index >= 15 is 0 Å². The van der Waals surface area contributed by atoms with Crippen molar-refractivity contribution in [1.29, 1.82) is 0 Å². The minimum absolute atomic E-state index is 0.0995. The Morgan fingerprint density at radius 1 is 1.47 bits per heavy atom. The molecular formula is C13H17FN4O. The molecule has 1 aromatic carbocycles. The third kappa shape index (κ3) is 2.02. The average molecular weight is 264 g/mol. The van der Waals surface area contributed by atoms with Gasteiger partial charge in [-0.25, -0.2) is 9.18 Å². The Hall–Kier alpha value is -1.82. The number of nitrogens with zero attached hydrogens (tertiary/aromatic N) is 2. The molecule has 1 aliphatic rings. The van der Waals surface area contributed by atoms with Crippen molar-refractivity contribution in [3.63, 3.8) is 0 Å². The smallest absolute Gasteiger partial charge is 0.326 e. The van der Waals surface area contributed by atoms with Crippen LogP contribution < -0.4 is 16.3 Å². The summed E-state index contributed by atoms with van der Waals surface area (Å²) < 4.78 is 15.2. The minimum Gasteiger partial charge on any atom is -0.368 e. The van der Waals surface area contributed by atoms with Crippen molar-refractivity contribution >= 4 is 16.7 Å². The molecule has 0 spiro atoms. The Balaban J connectivity index is 2.17. The van der Waals surface area contributed by atoms with Gasteiger partial charge in [0.25, 0.3) is 0 Å². The van der Waals surface area contributed by atoms with E-state index in [1.54, 1.807) is 7.05 Å². The predicted molar refractivity (Wildman–Crippen MR) is 72.9 cm³/mol. The number of aromatic nitrogens is 2. The lowest BCUT2D eigenvalue weighted by molar-refractivity contribution is 0.506. The van der Waals surface area contributed by atoms with E-state index in [0.717, 1.165) is 25.1 Å². The number of H-pyrrole nitrogens is 1. The molecule has 3 rings (SSSR count). The van der Waals surface area contributed by atoms with Crippen molar-refractivity contribution in [2.24, 2.45) is 12.8 Å². The number of rotatable bonds is 1. The van der Waals surface area contributed by atoms with E-state index in [4.69, 9.17) is 5.73 Å². The molecule has 0 aliphatic carbocycles. The van der Waals surface area contributed by atoms with Crippen LogP contribution in [-0.2, 0) is 7.05 Å². The third-order valence-electron chi connectivity index (χ3n) is 3.76. The highest BCUT2D eigenvalue weighted by molar-refractivity contribution is 5.89. The molecular weight excluding hydrogens is 247 g/mol. The summed E-state index contributed by atoms with van der Waals surface area (Å²) in [6.45, 7) is 1.53. The fourth-order valence-electron chi connectivity index (χ4n) is 2.75. The maximum Gasteiger partial charge on any atom is 0.326 e. The van der Waals surface area contributed by atoms with Gasteiger partial charge in [0.1, 0.15) is 5.82 Å². The second kappa shape index (κ2) is 4.38. The summed E-state index contributed by atoms with van der Waals surface area (Å²) in [6, 6.07) is 2.94. The van der Waals surface area contributed by atoms with Crippen LogP contribution in [0.4, 0.5) is 10.1 Å². The molecule has 0 bridgehead atoms. The minimum atomic E-state index is -0.337. The largest absolute Gasteiger partial charge is 0.368 e. The van der Waals surface area contributed by atoms with E-state index in [9.17, 15) is 9.18 Å². The fraction of sp³-hybridized carbons (Fsp3) is 0.462. The second-order valence-corrected chi connectivity index (χ2v) is 5.16. The van der Waals surface area contributed by atoms with Crippen molar-refractivity contribution in [1.82, 2.24) is 9.55 Å². The van der Waals surface area contributed by atoms with E-state index in [2.05, 4.69) is 9.88 Å². The zero-order valence-electron chi connectivity index (χ0n) is 10.8. The average Bonchev–Trinajstić information content (AvgIpc) is 2.65. The first kappa shape index (κ1) is 12.2. The van der Waals surface area contributed by atoms with Gasteiger partial charge in [-0.2, -0.15) is 0 Å². The zero-order valence-corrected chi connectivity index (χ0v) is 10.8. The zero-order chi connectivity index (χ0) is 13.6. The number of aryl methyl sites for hydroxylation is 1. The number of halogens is 1. The first-order chi connectivity index (χ1) is 9.06. The van der Waals surface area contributed by atoms with Crippen molar-refractivity contribution in [2.75, 3.05) is 18.0 Å².